The monoisotopic (exact) mass is 217 g/mol. The quantitative estimate of drug-likeness (QED) is 0.725. The van der Waals surface area contributed by atoms with E-state index >= 15 is 0 Å². The van der Waals surface area contributed by atoms with Crippen molar-refractivity contribution in [3.63, 3.8) is 0 Å². The van der Waals surface area contributed by atoms with Crippen LogP contribution in [0.3, 0.4) is 0 Å². The standard InChI is InChI=1S/C13H15NO2/c1-16-12-4-2-3-8-9(12)5-6-11-10(8)7-13(15)14-11/h2-4,9,11H,5-7H2,1H3,(H,14,15). The van der Waals surface area contributed by atoms with Crippen molar-refractivity contribution in [3.8, 4) is 0 Å². The number of carbonyl (C=O) groups is 1. The molecule has 1 N–H and O–H groups in total. The number of nitrogens with one attached hydrogen (secondary N) is 1. The zero-order valence-corrected chi connectivity index (χ0v) is 9.32. The molecule has 1 aliphatic heterocycles. The minimum Gasteiger partial charge on any atom is -0.500 e. The molecule has 3 rings (SSSR count). The van der Waals surface area contributed by atoms with Crippen LogP contribution in [0.5, 0.6) is 0 Å². The first-order valence-corrected chi connectivity index (χ1v) is 5.74. The molecule has 1 heterocycles. The van der Waals surface area contributed by atoms with Crippen LogP contribution in [0.2, 0.25) is 0 Å². The number of hydrogen-bond acceptors (Lipinski definition) is 2. The number of hydrogen-bond donors (Lipinski definition) is 1. The fourth-order valence-corrected chi connectivity index (χ4v) is 2.98. The van der Waals surface area contributed by atoms with Gasteiger partial charge in [0.05, 0.1) is 19.6 Å². The number of amides is 1. The minimum absolute atomic E-state index is 0.162. The molecule has 1 saturated heterocycles. The van der Waals surface area contributed by atoms with E-state index in [2.05, 4.69) is 11.4 Å². The third kappa shape index (κ3) is 1.31. The van der Waals surface area contributed by atoms with Crippen LogP contribution in [0.25, 0.3) is 0 Å². The summed E-state index contributed by atoms with van der Waals surface area (Å²) in [6.07, 6.45) is 8.84. The lowest BCUT2D eigenvalue weighted by Crippen LogP contribution is -2.31. The van der Waals surface area contributed by atoms with Crippen molar-refractivity contribution in [2.45, 2.75) is 25.3 Å². The van der Waals surface area contributed by atoms with Crippen LogP contribution in [0.15, 0.2) is 35.1 Å². The molecule has 3 nitrogen and oxygen atoms in total. The van der Waals surface area contributed by atoms with Gasteiger partial charge in [-0.1, -0.05) is 12.2 Å². The molecule has 84 valence electrons. The maximum Gasteiger partial charge on any atom is 0.224 e. The molecule has 16 heavy (non-hydrogen) atoms. The molecule has 0 aromatic carbocycles. The van der Waals surface area contributed by atoms with E-state index in [1.807, 2.05) is 12.2 Å². The van der Waals surface area contributed by atoms with Crippen molar-refractivity contribution in [1.29, 1.82) is 0 Å². The molecule has 0 aromatic rings. The molecular formula is C13H15NO2. The molecule has 0 aromatic heterocycles. The Kier molecular flexibility index (Phi) is 2.13. The zero-order chi connectivity index (χ0) is 11.1. The molecule has 0 bridgehead atoms. The highest BCUT2D eigenvalue weighted by molar-refractivity contribution is 5.84. The first kappa shape index (κ1) is 9.70. The van der Waals surface area contributed by atoms with Crippen LogP contribution >= 0.6 is 0 Å². The Hall–Kier alpha value is -1.51. The van der Waals surface area contributed by atoms with Gasteiger partial charge < -0.3 is 10.1 Å². The number of allylic oxidation sites excluding steroid dienone is 4. The summed E-state index contributed by atoms with van der Waals surface area (Å²) >= 11 is 0. The summed E-state index contributed by atoms with van der Waals surface area (Å²) in [7, 11) is 1.72. The Morgan fingerprint density at radius 3 is 3.12 bits per heavy atom. The van der Waals surface area contributed by atoms with Gasteiger partial charge in [0.2, 0.25) is 5.91 Å². The lowest BCUT2D eigenvalue weighted by molar-refractivity contribution is -0.119. The van der Waals surface area contributed by atoms with Gasteiger partial charge in [-0.15, -0.1) is 0 Å². The van der Waals surface area contributed by atoms with Crippen LogP contribution in [0.4, 0.5) is 0 Å². The number of methoxy groups -OCH3 is 1. The molecule has 2 unspecified atom stereocenters. The molecule has 1 amide bonds. The minimum atomic E-state index is 0.162. The summed E-state index contributed by atoms with van der Waals surface area (Å²) in [5, 5.41) is 3.03. The first-order chi connectivity index (χ1) is 7.79. The van der Waals surface area contributed by atoms with Crippen molar-refractivity contribution in [3.05, 3.63) is 35.1 Å². The third-order valence-electron chi connectivity index (χ3n) is 3.71. The van der Waals surface area contributed by atoms with Gasteiger partial charge in [-0.3, -0.25) is 4.79 Å². The average molecular weight is 217 g/mol. The summed E-state index contributed by atoms with van der Waals surface area (Å²) < 4.78 is 5.41. The van der Waals surface area contributed by atoms with E-state index in [0.717, 1.165) is 18.6 Å². The lowest BCUT2D eigenvalue weighted by Gasteiger charge is -2.31. The van der Waals surface area contributed by atoms with Crippen LogP contribution in [-0.2, 0) is 9.53 Å². The van der Waals surface area contributed by atoms with E-state index in [4.69, 9.17) is 4.74 Å². The molecule has 0 saturated carbocycles. The molecular weight excluding hydrogens is 202 g/mol. The van der Waals surface area contributed by atoms with Crippen LogP contribution in [0.1, 0.15) is 19.3 Å². The summed E-state index contributed by atoms with van der Waals surface area (Å²) in [6, 6.07) is 0.277. The smallest absolute Gasteiger partial charge is 0.224 e. The number of rotatable bonds is 1. The Labute approximate surface area is 94.9 Å². The van der Waals surface area contributed by atoms with Gasteiger partial charge in [0, 0.05) is 5.92 Å². The predicted octanol–water partition coefficient (Wildman–Crippen LogP) is 1.68. The van der Waals surface area contributed by atoms with Gasteiger partial charge in [0.1, 0.15) is 5.76 Å². The normalized spacial score (nSPS) is 31.8. The zero-order valence-electron chi connectivity index (χ0n) is 9.32. The van der Waals surface area contributed by atoms with Crippen LogP contribution in [-0.4, -0.2) is 19.1 Å². The Morgan fingerprint density at radius 2 is 2.31 bits per heavy atom. The third-order valence-corrected chi connectivity index (χ3v) is 3.71. The SMILES string of the molecule is COC1=CC=CC2=C3CC(=O)NC3CCC12. The summed E-state index contributed by atoms with van der Waals surface area (Å²) in [6.45, 7) is 0. The lowest BCUT2D eigenvalue weighted by atomic mass is 9.77. The summed E-state index contributed by atoms with van der Waals surface area (Å²) in [5.74, 6) is 1.56. The molecule has 2 atom stereocenters. The highest BCUT2D eigenvalue weighted by Crippen LogP contribution is 2.41. The van der Waals surface area contributed by atoms with Gasteiger partial charge in [0.15, 0.2) is 0 Å². The molecule has 1 fully saturated rings. The molecule has 2 aliphatic carbocycles. The Morgan fingerprint density at radius 1 is 1.44 bits per heavy atom. The highest BCUT2D eigenvalue weighted by atomic mass is 16.5. The topological polar surface area (TPSA) is 38.3 Å². The largest absolute Gasteiger partial charge is 0.500 e. The fourth-order valence-electron chi connectivity index (χ4n) is 2.98. The molecule has 0 spiro atoms. The summed E-state index contributed by atoms with van der Waals surface area (Å²) in [4.78, 5) is 11.4. The van der Waals surface area contributed by atoms with Gasteiger partial charge in [-0.25, -0.2) is 0 Å². The Bertz CT molecular complexity index is 431. The number of carbonyl (C=O) groups excluding carboxylic acids is 1. The Balaban J connectivity index is 2.03. The number of fused-ring (bicyclic) bond motifs is 2. The van der Waals surface area contributed by atoms with Crippen molar-refractivity contribution in [1.82, 2.24) is 5.32 Å². The molecule has 3 aliphatic rings. The van der Waals surface area contributed by atoms with Gasteiger partial charge in [-0.2, -0.15) is 0 Å². The van der Waals surface area contributed by atoms with E-state index in [1.165, 1.54) is 11.1 Å². The van der Waals surface area contributed by atoms with Crippen molar-refractivity contribution < 1.29 is 9.53 Å². The second-order valence-corrected chi connectivity index (χ2v) is 4.54. The van der Waals surface area contributed by atoms with Crippen molar-refractivity contribution in [2.24, 2.45) is 5.92 Å². The van der Waals surface area contributed by atoms with Crippen molar-refractivity contribution >= 4 is 5.91 Å². The van der Waals surface area contributed by atoms with E-state index in [0.29, 0.717) is 12.3 Å². The van der Waals surface area contributed by atoms with E-state index in [1.54, 1.807) is 7.11 Å². The fraction of sp³-hybridized carbons (Fsp3) is 0.462. The first-order valence-electron chi connectivity index (χ1n) is 5.74. The molecule has 3 heteroatoms. The number of ether oxygens (including phenoxy) is 1. The maximum atomic E-state index is 11.4. The van der Waals surface area contributed by atoms with Gasteiger partial charge in [0.25, 0.3) is 0 Å². The maximum absolute atomic E-state index is 11.4. The average Bonchev–Trinajstić information content (AvgIpc) is 2.69. The second-order valence-electron chi connectivity index (χ2n) is 4.54. The van der Waals surface area contributed by atoms with E-state index in [-0.39, 0.29) is 11.9 Å². The van der Waals surface area contributed by atoms with Gasteiger partial charge >= 0.3 is 0 Å². The van der Waals surface area contributed by atoms with Gasteiger partial charge in [-0.05, 0) is 30.1 Å². The summed E-state index contributed by atoms with van der Waals surface area (Å²) in [5.41, 5.74) is 2.58. The molecule has 0 radical (unpaired) electrons. The van der Waals surface area contributed by atoms with Crippen molar-refractivity contribution in [2.75, 3.05) is 7.11 Å². The highest BCUT2D eigenvalue weighted by Gasteiger charge is 2.37. The van der Waals surface area contributed by atoms with Crippen LogP contribution in [0, 0.1) is 5.92 Å². The predicted molar refractivity (Wildman–Crippen MR) is 60.5 cm³/mol. The van der Waals surface area contributed by atoms with Crippen LogP contribution < -0.4 is 5.32 Å². The second kappa shape index (κ2) is 3.51. The van der Waals surface area contributed by atoms with E-state index < -0.39 is 0 Å². The van der Waals surface area contributed by atoms with E-state index in [9.17, 15) is 4.79 Å².